The molecule has 0 bridgehead atoms. The van der Waals surface area contributed by atoms with E-state index in [0.717, 1.165) is 47.4 Å². The Kier molecular flexibility index (Phi) is 7.86. The molecule has 36 heavy (non-hydrogen) atoms. The third-order valence-electron chi connectivity index (χ3n) is 6.33. The maximum Gasteiger partial charge on any atom is 0.205 e. The Balaban J connectivity index is 1.19. The fourth-order valence-electron chi connectivity index (χ4n) is 4.16. The van der Waals surface area contributed by atoms with Gasteiger partial charge in [0.25, 0.3) is 0 Å². The van der Waals surface area contributed by atoms with E-state index in [2.05, 4.69) is 16.0 Å². The van der Waals surface area contributed by atoms with Crippen molar-refractivity contribution in [2.75, 3.05) is 19.7 Å². The zero-order chi connectivity index (χ0) is 24.7. The number of pyridine rings is 1. The highest BCUT2D eigenvalue weighted by Gasteiger charge is 2.24. The van der Waals surface area contributed by atoms with Crippen LogP contribution in [0, 0.1) is 5.92 Å². The molecule has 1 fully saturated rings. The molecule has 0 spiro atoms. The van der Waals surface area contributed by atoms with Gasteiger partial charge in [0.05, 0.1) is 15.4 Å². The number of aromatic nitrogens is 1. The Labute approximate surface area is 216 Å². The number of hydrogen-bond donors (Lipinski definition) is 1. The van der Waals surface area contributed by atoms with Crippen LogP contribution in [0.25, 0.3) is 10.6 Å². The van der Waals surface area contributed by atoms with Crippen LogP contribution in [0.1, 0.15) is 39.7 Å². The molecule has 5 nitrogen and oxygen atoms in total. The number of benzene rings is 2. The number of nitrogens with zero attached hydrogens (tertiary/aromatic N) is 2. The minimum absolute atomic E-state index is 0.289. The largest absolute Gasteiger partial charge is 0.492 e. The van der Waals surface area contributed by atoms with E-state index in [-0.39, 0.29) is 5.78 Å². The fourth-order valence-corrected chi connectivity index (χ4v) is 5.11. The van der Waals surface area contributed by atoms with Crippen LogP contribution < -0.4 is 4.74 Å². The minimum atomic E-state index is -1.16. The number of carbonyl (C=O) groups is 1. The van der Waals surface area contributed by atoms with Crippen LogP contribution in [-0.4, -0.2) is 40.5 Å². The van der Waals surface area contributed by atoms with Gasteiger partial charge >= 0.3 is 0 Å². The molecule has 4 aromatic rings. The van der Waals surface area contributed by atoms with Gasteiger partial charge in [0.1, 0.15) is 18.5 Å². The zero-order valence-corrected chi connectivity index (χ0v) is 20.9. The minimum Gasteiger partial charge on any atom is -0.492 e. The molecule has 1 atom stereocenters. The van der Waals surface area contributed by atoms with Gasteiger partial charge in [-0.25, -0.2) is 0 Å². The first-order valence-electron chi connectivity index (χ1n) is 12.4. The molecule has 2 heterocycles. The first-order valence-corrected chi connectivity index (χ1v) is 13.2. The van der Waals surface area contributed by atoms with Gasteiger partial charge in [-0.15, -0.1) is 11.3 Å². The summed E-state index contributed by atoms with van der Waals surface area (Å²) in [6.07, 6.45) is 3.39. The summed E-state index contributed by atoms with van der Waals surface area (Å²) in [5.74, 6) is 1.41. The SMILES string of the molecule is O=C(c1ccc(-c2ccc(CN(CCOc3ccccc3)CC3CC3)cn2)s1)C(O)c1ccccc1. The Morgan fingerprint density at radius 1 is 1.00 bits per heavy atom. The number of ketones is 1. The van der Waals surface area contributed by atoms with Crippen molar-refractivity contribution in [2.24, 2.45) is 5.92 Å². The maximum absolute atomic E-state index is 12.8. The lowest BCUT2D eigenvalue weighted by molar-refractivity contribution is 0.0752. The van der Waals surface area contributed by atoms with Crippen molar-refractivity contribution in [3.8, 4) is 16.3 Å². The standard InChI is InChI=1S/C30H30N2O3S/c33-29(24-7-3-1-4-8-24)30(34)28-16-15-27(36-28)26-14-13-23(19-31-26)21-32(20-22-11-12-22)17-18-35-25-9-5-2-6-10-25/h1-10,13-16,19,22,29,33H,11-12,17-18,20-21H2. The van der Waals surface area contributed by atoms with E-state index < -0.39 is 6.10 Å². The van der Waals surface area contributed by atoms with E-state index in [1.165, 1.54) is 24.2 Å². The number of Topliss-reactive ketones (excluding diaryl/α,β-unsaturated/α-hetero) is 1. The second kappa shape index (κ2) is 11.6. The molecule has 0 amide bonds. The fraction of sp³-hybridized carbons (Fsp3) is 0.267. The zero-order valence-electron chi connectivity index (χ0n) is 20.1. The van der Waals surface area contributed by atoms with E-state index in [1.807, 2.05) is 66.9 Å². The predicted octanol–water partition coefficient (Wildman–Crippen LogP) is 6.02. The van der Waals surface area contributed by atoms with Gasteiger partial charge in [0, 0.05) is 25.8 Å². The second-order valence-corrected chi connectivity index (χ2v) is 10.3. The van der Waals surface area contributed by atoms with Crippen LogP contribution in [-0.2, 0) is 6.54 Å². The summed E-state index contributed by atoms with van der Waals surface area (Å²) in [7, 11) is 0. The molecule has 6 heteroatoms. The third-order valence-corrected chi connectivity index (χ3v) is 7.45. The number of para-hydroxylation sites is 1. The summed E-state index contributed by atoms with van der Waals surface area (Å²) in [4.78, 5) is 21.3. The molecule has 1 aliphatic carbocycles. The normalized spacial score (nSPS) is 14.1. The number of ether oxygens (including phenoxy) is 1. The smallest absolute Gasteiger partial charge is 0.205 e. The first-order chi connectivity index (χ1) is 17.7. The third kappa shape index (κ3) is 6.46. The topological polar surface area (TPSA) is 62.7 Å². The monoisotopic (exact) mass is 498 g/mol. The summed E-state index contributed by atoms with van der Waals surface area (Å²) in [6.45, 7) is 3.44. The van der Waals surface area contributed by atoms with Gasteiger partial charge in [0.15, 0.2) is 0 Å². The molecular formula is C30H30N2O3S. The van der Waals surface area contributed by atoms with Gasteiger partial charge in [0.2, 0.25) is 5.78 Å². The quantitative estimate of drug-likeness (QED) is 0.242. The molecular weight excluding hydrogens is 468 g/mol. The molecule has 184 valence electrons. The Morgan fingerprint density at radius 3 is 2.44 bits per heavy atom. The van der Waals surface area contributed by atoms with Crippen LogP contribution in [0.3, 0.4) is 0 Å². The number of aliphatic hydroxyl groups excluding tert-OH is 1. The number of hydrogen-bond acceptors (Lipinski definition) is 6. The van der Waals surface area contributed by atoms with Crippen molar-refractivity contribution in [1.82, 2.24) is 9.88 Å². The van der Waals surface area contributed by atoms with E-state index >= 15 is 0 Å². The van der Waals surface area contributed by atoms with Gasteiger partial charge in [-0.1, -0.05) is 54.6 Å². The van der Waals surface area contributed by atoms with Gasteiger partial charge in [-0.05, 0) is 60.2 Å². The summed E-state index contributed by atoms with van der Waals surface area (Å²) >= 11 is 1.36. The highest BCUT2D eigenvalue weighted by molar-refractivity contribution is 7.17. The van der Waals surface area contributed by atoms with Crippen molar-refractivity contribution >= 4 is 17.1 Å². The van der Waals surface area contributed by atoms with E-state index in [9.17, 15) is 9.90 Å². The lowest BCUT2D eigenvalue weighted by atomic mass is 10.1. The maximum atomic E-state index is 12.8. The summed E-state index contributed by atoms with van der Waals surface area (Å²) in [6, 6.07) is 26.8. The van der Waals surface area contributed by atoms with Crippen molar-refractivity contribution in [1.29, 1.82) is 0 Å². The lowest BCUT2D eigenvalue weighted by Gasteiger charge is -2.22. The van der Waals surface area contributed by atoms with E-state index in [1.54, 1.807) is 18.2 Å². The molecule has 1 N–H and O–H groups in total. The van der Waals surface area contributed by atoms with E-state index in [4.69, 9.17) is 4.74 Å². The highest BCUT2D eigenvalue weighted by atomic mass is 32.1. The Hall–Kier alpha value is -3.32. The highest BCUT2D eigenvalue weighted by Crippen LogP contribution is 2.31. The van der Waals surface area contributed by atoms with Crippen LogP contribution >= 0.6 is 11.3 Å². The molecule has 2 aromatic heterocycles. The molecule has 1 unspecified atom stereocenters. The Morgan fingerprint density at radius 2 is 1.75 bits per heavy atom. The molecule has 0 aliphatic heterocycles. The predicted molar refractivity (Wildman–Crippen MR) is 143 cm³/mol. The average Bonchev–Trinajstić information content (AvgIpc) is 3.60. The second-order valence-electron chi connectivity index (χ2n) is 9.23. The van der Waals surface area contributed by atoms with Gasteiger partial charge in [-0.3, -0.25) is 14.7 Å². The molecule has 0 radical (unpaired) electrons. The van der Waals surface area contributed by atoms with Gasteiger partial charge in [-0.2, -0.15) is 0 Å². The van der Waals surface area contributed by atoms with Crippen LogP contribution in [0.4, 0.5) is 0 Å². The number of thiophene rings is 1. The molecule has 2 aromatic carbocycles. The van der Waals surface area contributed by atoms with E-state index in [0.29, 0.717) is 17.0 Å². The van der Waals surface area contributed by atoms with Crippen molar-refractivity contribution in [3.05, 3.63) is 107 Å². The first kappa shape index (κ1) is 24.4. The number of rotatable bonds is 12. The molecule has 5 rings (SSSR count). The van der Waals surface area contributed by atoms with Crippen molar-refractivity contribution < 1.29 is 14.6 Å². The Bertz CT molecular complexity index is 1250. The summed E-state index contributed by atoms with van der Waals surface area (Å²) in [5.41, 5.74) is 2.59. The summed E-state index contributed by atoms with van der Waals surface area (Å²) in [5, 5.41) is 10.5. The van der Waals surface area contributed by atoms with Crippen molar-refractivity contribution in [2.45, 2.75) is 25.5 Å². The summed E-state index contributed by atoms with van der Waals surface area (Å²) < 4.78 is 5.92. The van der Waals surface area contributed by atoms with Crippen LogP contribution in [0.5, 0.6) is 5.75 Å². The van der Waals surface area contributed by atoms with Crippen molar-refractivity contribution in [3.63, 3.8) is 0 Å². The van der Waals surface area contributed by atoms with Gasteiger partial charge < -0.3 is 9.84 Å². The average molecular weight is 499 g/mol. The number of carbonyl (C=O) groups excluding carboxylic acids is 1. The molecule has 0 saturated heterocycles. The number of aliphatic hydroxyl groups is 1. The van der Waals surface area contributed by atoms with Crippen LogP contribution in [0.15, 0.2) is 91.1 Å². The molecule has 1 aliphatic rings. The van der Waals surface area contributed by atoms with Crippen LogP contribution in [0.2, 0.25) is 0 Å². The lowest BCUT2D eigenvalue weighted by Crippen LogP contribution is -2.30. The molecule has 1 saturated carbocycles.